The van der Waals surface area contributed by atoms with Gasteiger partial charge in [0.1, 0.15) is 11.9 Å². The van der Waals surface area contributed by atoms with Gasteiger partial charge in [0.05, 0.1) is 6.07 Å². The van der Waals surface area contributed by atoms with Crippen LogP contribution in [0.3, 0.4) is 0 Å². The molecular formula is C10H14N4S2. The maximum Gasteiger partial charge on any atom is 0.169 e. The van der Waals surface area contributed by atoms with Crippen molar-refractivity contribution in [1.29, 1.82) is 5.26 Å². The summed E-state index contributed by atoms with van der Waals surface area (Å²) in [6.45, 7) is 0. The highest BCUT2D eigenvalue weighted by Crippen LogP contribution is 2.36. The summed E-state index contributed by atoms with van der Waals surface area (Å²) >= 11 is 3.12. The van der Waals surface area contributed by atoms with Crippen LogP contribution in [-0.4, -0.2) is 20.6 Å². The maximum absolute atomic E-state index is 9.08. The van der Waals surface area contributed by atoms with Gasteiger partial charge in [-0.3, -0.25) is 0 Å². The van der Waals surface area contributed by atoms with Crippen molar-refractivity contribution in [2.75, 3.05) is 5.75 Å². The molecule has 1 aliphatic carbocycles. The van der Waals surface area contributed by atoms with E-state index in [4.69, 9.17) is 11.0 Å². The van der Waals surface area contributed by atoms with Gasteiger partial charge in [-0.15, -0.1) is 0 Å². The normalized spacial score (nSPS) is 29.1. The zero-order valence-electron chi connectivity index (χ0n) is 8.93. The lowest BCUT2D eigenvalue weighted by molar-refractivity contribution is 0.389. The zero-order chi connectivity index (χ0) is 11.4. The second-order valence-electron chi connectivity index (χ2n) is 4.09. The molecule has 1 aliphatic rings. The van der Waals surface area contributed by atoms with E-state index in [-0.39, 0.29) is 0 Å². The van der Waals surface area contributed by atoms with Gasteiger partial charge in [0.15, 0.2) is 4.34 Å². The van der Waals surface area contributed by atoms with Gasteiger partial charge < -0.3 is 5.73 Å². The number of rotatable bonds is 4. The first-order valence-electron chi connectivity index (χ1n) is 5.34. The van der Waals surface area contributed by atoms with Crippen molar-refractivity contribution in [3.05, 3.63) is 6.33 Å². The number of hydrogen-bond donors (Lipinski definition) is 1. The number of nitrogens with two attached hydrogens (primary N) is 1. The minimum absolute atomic E-state index is 0.345. The lowest BCUT2D eigenvalue weighted by Gasteiger charge is -2.23. The third-order valence-electron chi connectivity index (χ3n) is 3.11. The molecule has 0 saturated heterocycles. The van der Waals surface area contributed by atoms with E-state index in [0.717, 1.165) is 35.8 Å². The summed E-state index contributed by atoms with van der Waals surface area (Å²) in [5.74, 6) is 1.32. The van der Waals surface area contributed by atoms with Crippen LogP contribution in [0.15, 0.2) is 10.7 Å². The van der Waals surface area contributed by atoms with E-state index in [2.05, 4.69) is 15.4 Å². The number of thioether (sulfide) groups is 1. The number of hydrogen-bond acceptors (Lipinski definition) is 6. The fraction of sp³-hybridized carbons (Fsp3) is 0.700. The molecule has 1 aromatic rings. The average Bonchev–Trinajstić information content (AvgIpc) is 2.90. The number of aromatic nitrogens is 2. The average molecular weight is 254 g/mol. The Bertz CT molecular complexity index is 373. The smallest absolute Gasteiger partial charge is 0.169 e. The summed E-state index contributed by atoms with van der Waals surface area (Å²) < 4.78 is 4.95. The largest absolute Gasteiger partial charge is 0.313 e. The summed E-state index contributed by atoms with van der Waals surface area (Å²) in [6, 6.07) is 2.28. The molecule has 6 heteroatoms. The van der Waals surface area contributed by atoms with E-state index in [1.807, 2.05) is 0 Å². The molecule has 16 heavy (non-hydrogen) atoms. The van der Waals surface area contributed by atoms with Crippen molar-refractivity contribution < 1.29 is 0 Å². The van der Waals surface area contributed by atoms with Crippen LogP contribution in [0.5, 0.6) is 0 Å². The second-order valence-corrected chi connectivity index (χ2v) is 6.21. The van der Waals surface area contributed by atoms with Crippen molar-refractivity contribution >= 4 is 23.3 Å². The minimum Gasteiger partial charge on any atom is -0.313 e. The van der Waals surface area contributed by atoms with Gasteiger partial charge in [-0.2, -0.15) is 9.64 Å². The van der Waals surface area contributed by atoms with Gasteiger partial charge in [0.25, 0.3) is 0 Å². The number of nitriles is 1. The minimum atomic E-state index is -0.582. The fourth-order valence-electron chi connectivity index (χ4n) is 2.17. The molecule has 0 radical (unpaired) electrons. The predicted molar refractivity (Wildman–Crippen MR) is 65.1 cm³/mol. The molecule has 86 valence electrons. The van der Waals surface area contributed by atoms with Gasteiger partial charge in [0.2, 0.25) is 0 Å². The Balaban J connectivity index is 1.80. The van der Waals surface area contributed by atoms with Crippen LogP contribution in [0.4, 0.5) is 0 Å². The van der Waals surface area contributed by atoms with Crippen molar-refractivity contribution in [1.82, 2.24) is 9.36 Å². The molecule has 0 spiro atoms. The van der Waals surface area contributed by atoms with Crippen LogP contribution >= 0.6 is 23.3 Å². The molecule has 1 heterocycles. The van der Waals surface area contributed by atoms with Crippen LogP contribution in [0, 0.1) is 17.2 Å². The Labute approximate surface area is 103 Å². The van der Waals surface area contributed by atoms with E-state index in [1.54, 1.807) is 18.1 Å². The van der Waals surface area contributed by atoms with Crippen LogP contribution in [-0.2, 0) is 0 Å². The van der Waals surface area contributed by atoms with E-state index in [1.165, 1.54) is 11.5 Å². The highest BCUT2D eigenvalue weighted by molar-refractivity contribution is 8.00. The van der Waals surface area contributed by atoms with Crippen LogP contribution < -0.4 is 5.73 Å². The Kier molecular flexibility index (Phi) is 3.79. The molecule has 1 saturated carbocycles. The lowest BCUT2D eigenvalue weighted by Crippen LogP contribution is -2.41. The van der Waals surface area contributed by atoms with Gasteiger partial charge in [-0.1, -0.05) is 18.2 Å². The molecule has 0 bridgehead atoms. The van der Waals surface area contributed by atoms with E-state index < -0.39 is 5.54 Å². The first-order chi connectivity index (χ1) is 7.74. The Hall–Kier alpha value is -0.640. The van der Waals surface area contributed by atoms with Crippen molar-refractivity contribution in [3.63, 3.8) is 0 Å². The predicted octanol–water partition coefficient (Wildman–Crippen LogP) is 2.04. The molecule has 0 aromatic carbocycles. The fourth-order valence-corrected chi connectivity index (χ4v) is 3.73. The molecule has 2 N–H and O–H groups in total. The summed E-state index contributed by atoms with van der Waals surface area (Å²) in [5, 5.41) is 9.08. The standard InChI is InChI=1S/C10H14N4S2/c11-6-10(12)4-1-2-8(10)3-5-15-9-13-7-14-16-9/h7-8H,1-5,12H2. The molecule has 1 aromatic heterocycles. The summed E-state index contributed by atoms with van der Waals surface area (Å²) in [5.41, 5.74) is 5.48. The second kappa shape index (κ2) is 5.13. The van der Waals surface area contributed by atoms with Gasteiger partial charge in [0, 0.05) is 5.75 Å². The van der Waals surface area contributed by atoms with Crippen molar-refractivity contribution in [2.24, 2.45) is 11.7 Å². The van der Waals surface area contributed by atoms with Crippen molar-refractivity contribution in [2.45, 2.75) is 35.6 Å². The van der Waals surface area contributed by atoms with Gasteiger partial charge >= 0.3 is 0 Å². The molecule has 4 nitrogen and oxygen atoms in total. The van der Waals surface area contributed by atoms with Gasteiger partial charge in [-0.25, -0.2) is 4.98 Å². The van der Waals surface area contributed by atoms with Crippen LogP contribution in [0.1, 0.15) is 25.7 Å². The molecular weight excluding hydrogens is 240 g/mol. The third kappa shape index (κ3) is 2.54. The molecule has 2 atom stereocenters. The molecule has 2 rings (SSSR count). The highest BCUT2D eigenvalue weighted by Gasteiger charge is 2.39. The summed E-state index contributed by atoms with van der Waals surface area (Å²) in [6.07, 6.45) is 5.58. The first-order valence-corrected chi connectivity index (χ1v) is 7.10. The molecule has 0 amide bonds. The third-order valence-corrected chi connectivity index (χ3v) is 4.94. The molecule has 0 aliphatic heterocycles. The number of nitrogens with zero attached hydrogens (tertiary/aromatic N) is 3. The summed E-state index contributed by atoms with van der Waals surface area (Å²) in [4.78, 5) is 4.11. The Morgan fingerprint density at radius 2 is 2.62 bits per heavy atom. The molecule has 2 unspecified atom stereocenters. The Morgan fingerprint density at radius 1 is 1.75 bits per heavy atom. The zero-order valence-corrected chi connectivity index (χ0v) is 10.6. The lowest BCUT2D eigenvalue weighted by atomic mass is 9.88. The van der Waals surface area contributed by atoms with Crippen LogP contribution in [0.2, 0.25) is 0 Å². The van der Waals surface area contributed by atoms with E-state index >= 15 is 0 Å². The Morgan fingerprint density at radius 3 is 3.31 bits per heavy atom. The molecule has 1 fully saturated rings. The van der Waals surface area contributed by atoms with Crippen LogP contribution in [0.25, 0.3) is 0 Å². The van der Waals surface area contributed by atoms with E-state index in [0.29, 0.717) is 5.92 Å². The quantitative estimate of drug-likeness (QED) is 0.832. The SMILES string of the molecule is N#CC1(N)CCCC1CCSc1ncns1. The topological polar surface area (TPSA) is 75.6 Å². The highest BCUT2D eigenvalue weighted by atomic mass is 32.2. The monoisotopic (exact) mass is 254 g/mol. The summed E-state index contributed by atoms with van der Waals surface area (Å²) in [7, 11) is 0. The van der Waals surface area contributed by atoms with Gasteiger partial charge in [-0.05, 0) is 36.7 Å². The van der Waals surface area contributed by atoms with E-state index in [9.17, 15) is 0 Å². The first kappa shape index (κ1) is 11.8. The van der Waals surface area contributed by atoms with Crippen molar-refractivity contribution in [3.8, 4) is 6.07 Å². The maximum atomic E-state index is 9.08.